The van der Waals surface area contributed by atoms with Gasteiger partial charge in [0.2, 0.25) is 0 Å². The number of nitrogens with zero attached hydrogens (tertiary/aromatic N) is 1. The van der Waals surface area contributed by atoms with Crippen LogP contribution in [0.3, 0.4) is 0 Å². The van der Waals surface area contributed by atoms with E-state index in [2.05, 4.69) is 0 Å². The summed E-state index contributed by atoms with van der Waals surface area (Å²) in [6.07, 6.45) is 0. The predicted molar refractivity (Wildman–Crippen MR) is 71.1 cm³/mol. The van der Waals surface area contributed by atoms with Crippen molar-refractivity contribution in [3.8, 4) is 5.75 Å². The van der Waals surface area contributed by atoms with Gasteiger partial charge in [-0.05, 0) is 17.7 Å². The van der Waals surface area contributed by atoms with E-state index in [-0.39, 0.29) is 12.0 Å². The van der Waals surface area contributed by atoms with Crippen molar-refractivity contribution in [1.82, 2.24) is 0 Å². The Labute approximate surface area is 111 Å². The van der Waals surface area contributed by atoms with Gasteiger partial charge < -0.3 is 16.2 Å². The summed E-state index contributed by atoms with van der Waals surface area (Å²) in [6, 6.07) is 4.52. The summed E-state index contributed by atoms with van der Waals surface area (Å²) in [5.74, 6) is -0.00215. The largest absolute Gasteiger partial charge is 0.482 e. The van der Waals surface area contributed by atoms with Crippen LogP contribution in [0.15, 0.2) is 18.2 Å². The van der Waals surface area contributed by atoms with Gasteiger partial charge in [-0.3, -0.25) is 4.79 Å². The molecule has 0 aliphatic carbocycles. The van der Waals surface area contributed by atoms with E-state index in [0.717, 1.165) is 10.5 Å². The summed E-state index contributed by atoms with van der Waals surface area (Å²) in [4.78, 5) is 24.0. The molecule has 0 saturated carbocycles. The lowest BCUT2D eigenvalue weighted by Gasteiger charge is -2.29. The average molecular weight is 263 g/mol. The zero-order valence-electron chi connectivity index (χ0n) is 11.0. The van der Waals surface area contributed by atoms with Crippen LogP contribution in [0, 0.1) is 0 Å². The molecule has 102 valence electrons. The minimum absolute atomic E-state index is 0.185. The van der Waals surface area contributed by atoms with Crippen molar-refractivity contribution in [2.24, 2.45) is 11.5 Å². The second kappa shape index (κ2) is 4.55. The van der Waals surface area contributed by atoms with E-state index >= 15 is 0 Å². The molecular weight excluding hydrogens is 246 g/mol. The molecule has 6 nitrogen and oxygen atoms in total. The summed E-state index contributed by atoms with van der Waals surface area (Å²) < 4.78 is 5.29. The molecule has 1 heterocycles. The number of rotatable bonds is 2. The number of fused-ring (bicyclic) bond motifs is 1. The Morgan fingerprint density at radius 1 is 1.47 bits per heavy atom. The number of primary amides is 1. The van der Waals surface area contributed by atoms with Gasteiger partial charge in [0.1, 0.15) is 5.75 Å². The number of imide groups is 1. The Morgan fingerprint density at radius 2 is 2.16 bits per heavy atom. The number of hydrogen-bond donors (Lipinski definition) is 2. The molecule has 0 unspecified atom stereocenters. The molecule has 0 spiro atoms. The van der Waals surface area contributed by atoms with Crippen LogP contribution in [0.5, 0.6) is 5.75 Å². The summed E-state index contributed by atoms with van der Waals surface area (Å²) in [5.41, 5.74) is 12.0. The fourth-order valence-corrected chi connectivity index (χ4v) is 1.93. The zero-order chi connectivity index (χ0) is 14.2. The van der Waals surface area contributed by atoms with Crippen LogP contribution in [-0.4, -0.2) is 25.1 Å². The molecule has 0 atom stereocenters. The Balaban J connectivity index is 2.53. The van der Waals surface area contributed by atoms with Crippen LogP contribution in [0.25, 0.3) is 0 Å². The van der Waals surface area contributed by atoms with Crippen molar-refractivity contribution in [3.63, 3.8) is 0 Å². The normalized spacial score (nSPS) is 14.9. The minimum Gasteiger partial charge on any atom is -0.482 e. The molecule has 2 rings (SSSR count). The maximum Gasteiger partial charge on any atom is 0.326 e. The standard InChI is InChI=1S/C13H17N3O3/c1-13(2,7-14)8-3-4-10-9(5-8)16(12(15)18)11(17)6-19-10/h3-5H,6-7,14H2,1-2H3,(H2,15,18). The monoisotopic (exact) mass is 263 g/mol. The van der Waals surface area contributed by atoms with E-state index in [1.807, 2.05) is 19.9 Å². The van der Waals surface area contributed by atoms with Crippen molar-refractivity contribution < 1.29 is 14.3 Å². The number of carbonyl (C=O) groups is 2. The molecule has 3 amide bonds. The third-order valence-electron chi connectivity index (χ3n) is 3.31. The molecule has 1 aromatic rings. The van der Waals surface area contributed by atoms with E-state index in [0.29, 0.717) is 18.0 Å². The number of nitrogens with two attached hydrogens (primary N) is 2. The summed E-state index contributed by atoms with van der Waals surface area (Å²) in [6.45, 7) is 4.22. The highest BCUT2D eigenvalue weighted by atomic mass is 16.5. The van der Waals surface area contributed by atoms with Crippen LogP contribution < -0.4 is 21.1 Å². The van der Waals surface area contributed by atoms with Gasteiger partial charge in [0, 0.05) is 12.0 Å². The molecule has 0 aromatic heterocycles. The van der Waals surface area contributed by atoms with Gasteiger partial charge in [-0.15, -0.1) is 0 Å². The molecule has 0 saturated heterocycles. The Kier molecular flexibility index (Phi) is 3.20. The third kappa shape index (κ3) is 2.26. The molecule has 1 aromatic carbocycles. The number of carbonyl (C=O) groups excluding carboxylic acids is 2. The van der Waals surface area contributed by atoms with Crippen molar-refractivity contribution in [2.75, 3.05) is 18.1 Å². The zero-order valence-corrected chi connectivity index (χ0v) is 11.0. The SMILES string of the molecule is CC(C)(CN)c1ccc2c(c1)N(C(N)=O)C(=O)CO2. The summed E-state index contributed by atoms with van der Waals surface area (Å²) in [7, 11) is 0. The maximum atomic E-state index is 11.7. The Bertz CT molecular complexity index is 540. The first-order valence-corrected chi connectivity index (χ1v) is 5.96. The third-order valence-corrected chi connectivity index (χ3v) is 3.31. The van der Waals surface area contributed by atoms with E-state index in [4.69, 9.17) is 16.2 Å². The molecule has 0 fully saturated rings. The molecular formula is C13H17N3O3. The number of anilines is 1. The average Bonchev–Trinajstić information content (AvgIpc) is 2.37. The van der Waals surface area contributed by atoms with Crippen molar-refractivity contribution in [2.45, 2.75) is 19.3 Å². The molecule has 19 heavy (non-hydrogen) atoms. The highest BCUT2D eigenvalue weighted by Crippen LogP contribution is 2.36. The van der Waals surface area contributed by atoms with Crippen molar-refractivity contribution >= 4 is 17.6 Å². The highest BCUT2D eigenvalue weighted by molar-refractivity contribution is 6.16. The van der Waals surface area contributed by atoms with Crippen LogP contribution in [0.4, 0.5) is 10.5 Å². The van der Waals surface area contributed by atoms with Gasteiger partial charge in [-0.2, -0.15) is 0 Å². The highest BCUT2D eigenvalue weighted by Gasteiger charge is 2.31. The summed E-state index contributed by atoms with van der Waals surface area (Å²) >= 11 is 0. The number of amides is 3. The predicted octanol–water partition coefficient (Wildman–Crippen LogP) is 0.727. The van der Waals surface area contributed by atoms with Gasteiger partial charge in [0.05, 0.1) is 5.69 Å². The Morgan fingerprint density at radius 3 is 2.74 bits per heavy atom. The minimum atomic E-state index is -0.808. The smallest absolute Gasteiger partial charge is 0.326 e. The van der Waals surface area contributed by atoms with Crippen LogP contribution in [0.2, 0.25) is 0 Å². The first kappa shape index (κ1) is 13.4. The van der Waals surface area contributed by atoms with E-state index in [1.165, 1.54) is 0 Å². The van der Waals surface area contributed by atoms with Crippen molar-refractivity contribution in [1.29, 1.82) is 0 Å². The second-order valence-electron chi connectivity index (χ2n) is 5.13. The summed E-state index contributed by atoms with van der Waals surface area (Å²) in [5, 5.41) is 0. The molecule has 0 radical (unpaired) electrons. The fraction of sp³-hybridized carbons (Fsp3) is 0.385. The van der Waals surface area contributed by atoms with Gasteiger partial charge in [0.15, 0.2) is 6.61 Å². The van der Waals surface area contributed by atoms with Gasteiger partial charge in [-0.1, -0.05) is 19.9 Å². The van der Waals surface area contributed by atoms with Crippen molar-refractivity contribution in [3.05, 3.63) is 23.8 Å². The van der Waals surface area contributed by atoms with Gasteiger partial charge in [0.25, 0.3) is 5.91 Å². The second-order valence-corrected chi connectivity index (χ2v) is 5.13. The Hall–Kier alpha value is -2.08. The molecule has 0 bridgehead atoms. The van der Waals surface area contributed by atoms with Crippen LogP contribution in [0.1, 0.15) is 19.4 Å². The van der Waals surface area contributed by atoms with E-state index in [1.54, 1.807) is 12.1 Å². The maximum absolute atomic E-state index is 11.7. The van der Waals surface area contributed by atoms with E-state index < -0.39 is 11.9 Å². The van der Waals surface area contributed by atoms with Crippen LogP contribution >= 0.6 is 0 Å². The first-order valence-electron chi connectivity index (χ1n) is 5.96. The topological polar surface area (TPSA) is 98.6 Å². The van der Waals surface area contributed by atoms with Crippen LogP contribution in [-0.2, 0) is 10.2 Å². The lowest BCUT2D eigenvalue weighted by Crippen LogP contribution is -2.46. The molecule has 1 aliphatic heterocycles. The van der Waals surface area contributed by atoms with Gasteiger partial charge >= 0.3 is 6.03 Å². The number of ether oxygens (including phenoxy) is 1. The van der Waals surface area contributed by atoms with Gasteiger partial charge in [-0.25, -0.2) is 9.69 Å². The fourth-order valence-electron chi connectivity index (χ4n) is 1.93. The number of benzene rings is 1. The quantitative estimate of drug-likeness (QED) is 0.821. The lowest BCUT2D eigenvalue weighted by atomic mass is 9.84. The molecule has 4 N–H and O–H groups in total. The number of hydrogen-bond acceptors (Lipinski definition) is 4. The first-order chi connectivity index (χ1) is 8.86. The lowest BCUT2D eigenvalue weighted by molar-refractivity contribution is -0.120. The molecule has 6 heteroatoms. The number of urea groups is 1. The van der Waals surface area contributed by atoms with E-state index in [9.17, 15) is 9.59 Å². The molecule has 1 aliphatic rings.